The van der Waals surface area contributed by atoms with Crippen LogP contribution in [0, 0.1) is 24.1 Å². The van der Waals surface area contributed by atoms with Gasteiger partial charge in [-0.2, -0.15) is 10.2 Å². The number of aromatic nitrogens is 2. The smallest absolute Gasteiger partial charge is 0.227 e. The molecule has 0 spiro atoms. The third-order valence-electron chi connectivity index (χ3n) is 5.64. The first-order chi connectivity index (χ1) is 14.0. The van der Waals surface area contributed by atoms with Crippen LogP contribution in [0.4, 0.5) is 21.8 Å². The molecule has 0 bridgehead atoms. The average molecular weight is 395 g/mol. The minimum absolute atomic E-state index is 0.340. The lowest BCUT2D eigenvalue weighted by atomic mass is 10.1. The van der Waals surface area contributed by atoms with Crippen LogP contribution in [0.1, 0.15) is 11.3 Å². The van der Waals surface area contributed by atoms with Crippen LogP contribution in [-0.2, 0) is 0 Å². The Balaban J connectivity index is 1.49. The molecule has 4 rings (SSSR count). The number of aryl methyl sites for hydroxylation is 1. The minimum Gasteiger partial charge on any atom is -0.365 e. The number of hydrogen-bond donors (Lipinski definition) is 0. The second-order valence-electron chi connectivity index (χ2n) is 7.68. The fourth-order valence-corrected chi connectivity index (χ4v) is 3.93. The van der Waals surface area contributed by atoms with Crippen molar-refractivity contribution < 1.29 is 4.39 Å². The molecule has 1 aromatic carbocycles. The van der Waals surface area contributed by atoms with E-state index >= 15 is 0 Å². The van der Waals surface area contributed by atoms with Crippen molar-refractivity contribution in [2.75, 3.05) is 74.1 Å². The lowest BCUT2D eigenvalue weighted by Gasteiger charge is -2.38. The van der Waals surface area contributed by atoms with Crippen LogP contribution in [0.25, 0.3) is 0 Å². The molecule has 0 atom stereocenters. The third kappa shape index (κ3) is 4.10. The highest BCUT2D eigenvalue weighted by atomic mass is 19.1. The fourth-order valence-electron chi connectivity index (χ4n) is 3.93. The monoisotopic (exact) mass is 395 g/mol. The first-order valence-corrected chi connectivity index (χ1v) is 10.0. The largest absolute Gasteiger partial charge is 0.365 e. The van der Waals surface area contributed by atoms with Gasteiger partial charge in [0.15, 0.2) is 0 Å². The van der Waals surface area contributed by atoms with Gasteiger partial charge in [-0.15, -0.1) is 0 Å². The molecular formula is C21H26FN7. The number of rotatable bonds is 3. The van der Waals surface area contributed by atoms with Gasteiger partial charge in [0.25, 0.3) is 0 Å². The lowest BCUT2D eigenvalue weighted by Crippen LogP contribution is -2.48. The fraction of sp³-hybridized carbons (Fsp3) is 0.476. The molecule has 0 N–H and O–H groups in total. The van der Waals surface area contributed by atoms with Gasteiger partial charge in [0.2, 0.25) is 5.95 Å². The summed E-state index contributed by atoms with van der Waals surface area (Å²) in [5.74, 6) is 1.37. The Bertz CT molecular complexity index is 910. The third-order valence-corrected chi connectivity index (χ3v) is 5.64. The van der Waals surface area contributed by atoms with Gasteiger partial charge in [-0.05, 0) is 26.1 Å². The van der Waals surface area contributed by atoms with E-state index < -0.39 is 0 Å². The summed E-state index contributed by atoms with van der Waals surface area (Å²) in [6, 6.07) is 8.78. The van der Waals surface area contributed by atoms with Gasteiger partial charge in [0.05, 0.1) is 11.3 Å². The van der Waals surface area contributed by atoms with Crippen LogP contribution in [0.3, 0.4) is 0 Å². The molecule has 7 nitrogen and oxygen atoms in total. The molecule has 3 heterocycles. The molecule has 29 heavy (non-hydrogen) atoms. The standard InChI is InChI=1S/C21H26FN7/c1-16-14-19(25-21(24-16)29-8-6-26(2)7-9-29)27-10-12-28(13-11-27)20-17(15-23)4-3-5-18(20)22/h3-5,14H,6-13H2,1-2H3. The van der Waals surface area contributed by atoms with Gasteiger partial charge >= 0.3 is 0 Å². The second-order valence-corrected chi connectivity index (χ2v) is 7.68. The van der Waals surface area contributed by atoms with Crippen LogP contribution in [0.5, 0.6) is 0 Å². The van der Waals surface area contributed by atoms with Crippen molar-refractivity contribution in [3.63, 3.8) is 0 Å². The Morgan fingerprint density at radius 3 is 2.28 bits per heavy atom. The van der Waals surface area contributed by atoms with Crippen LogP contribution in [0.2, 0.25) is 0 Å². The normalized spacial score (nSPS) is 18.1. The average Bonchev–Trinajstić information content (AvgIpc) is 2.74. The highest BCUT2D eigenvalue weighted by Crippen LogP contribution is 2.27. The van der Waals surface area contributed by atoms with E-state index in [0.29, 0.717) is 24.3 Å². The molecule has 2 aromatic rings. The van der Waals surface area contributed by atoms with E-state index in [-0.39, 0.29) is 5.82 Å². The van der Waals surface area contributed by atoms with Gasteiger partial charge in [-0.1, -0.05) is 6.07 Å². The highest BCUT2D eigenvalue weighted by molar-refractivity contribution is 5.61. The lowest BCUT2D eigenvalue weighted by molar-refractivity contribution is 0.311. The Morgan fingerprint density at radius 2 is 1.59 bits per heavy atom. The molecule has 1 aromatic heterocycles. The van der Waals surface area contributed by atoms with E-state index in [1.807, 2.05) is 17.9 Å². The summed E-state index contributed by atoms with van der Waals surface area (Å²) in [5, 5.41) is 9.33. The number of likely N-dealkylation sites (N-methyl/N-ethyl adjacent to an activating group) is 1. The van der Waals surface area contributed by atoms with Gasteiger partial charge in [-0.25, -0.2) is 9.37 Å². The molecule has 0 saturated carbocycles. The Kier molecular flexibility index (Phi) is 5.49. The number of para-hydroxylation sites is 1. The molecule has 0 amide bonds. The summed E-state index contributed by atoms with van der Waals surface area (Å²) in [5.41, 5.74) is 1.74. The number of piperazine rings is 2. The Hall–Kier alpha value is -2.92. The summed E-state index contributed by atoms with van der Waals surface area (Å²) < 4.78 is 14.3. The summed E-state index contributed by atoms with van der Waals surface area (Å²) in [6.45, 7) is 8.60. The predicted octanol–water partition coefficient (Wildman–Crippen LogP) is 1.87. The molecule has 152 valence electrons. The van der Waals surface area contributed by atoms with Gasteiger partial charge in [0, 0.05) is 64.1 Å². The zero-order chi connectivity index (χ0) is 20.4. The predicted molar refractivity (Wildman–Crippen MR) is 112 cm³/mol. The summed E-state index contributed by atoms with van der Waals surface area (Å²) >= 11 is 0. The van der Waals surface area contributed by atoms with E-state index in [1.165, 1.54) is 6.07 Å². The van der Waals surface area contributed by atoms with Crippen molar-refractivity contribution in [2.45, 2.75) is 6.92 Å². The zero-order valence-corrected chi connectivity index (χ0v) is 17.0. The number of benzene rings is 1. The van der Waals surface area contributed by atoms with Crippen LogP contribution in [0.15, 0.2) is 24.3 Å². The molecule has 2 fully saturated rings. The molecular weight excluding hydrogens is 369 g/mol. The number of nitrogens with zero attached hydrogens (tertiary/aromatic N) is 7. The van der Waals surface area contributed by atoms with Crippen molar-refractivity contribution in [3.05, 3.63) is 41.3 Å². The van der Waals surface area contributed by atoms with E-state index in [0.717, 1.165) is 56.7 Å². The molecule has 2 aliphatic rings. The quantitative estimate of drug-likeness (QED) is 0.786. The molecule has 2 aliphatic heterocycles. The maximum Gasteiger partial charge on any atom is 0.227 e. The Morgan fingerprint density at radius 1 is 0.931 bits per heavy atom. The number of anilines is 3. The SMILES string of the molecule is Cc1cc(N2CCN(c3c(F)cccc3C#N)CC2)nc(N2CCN(C)CC2)n1. The molecule has 0 aliphatic carbocycles. The maximum absolute atomic E-state index is 14.3. The number of nitriles is 1. The summed E-state index contributed by atoms with van der Waals surface area (Å²) in [6.07, 6.45) is 0. The van der Waals surface area contributed by atoms with Crippen molar-refractivity contribution in [2.24, 2.45) is 0 Å². The van der Waals surface area contributed by atoms with Gasteiger partial charge in [0.1, 0.15) is 17.7 Å². The van der Waals surface area contributed by atoms with Crippen LogP contribution in [-0.4, -0.2) is 74.3 Å². The summed E-state index contributed by atoms with van der Waals surface area (Å²) in [4.78, 5) is 18.2. The highest BCUT2D eigenvalue weighted by Gasteiger charge is 2.24. The maximum atomic E-state index is 14.3. The molecule has 8 heteroatoms. The van der Waals surface area contributed by atoms with E-state index in [9.17, 15) is 9.65 Å². The van der Waals surface area contributed by atoms with E-state index in [4.69, 9.17) is 4.98 Å². The number of halogens is 1. The zero-order valence-electron chi connectivity index (χ0n) is 17.0. The topological polar surface area (TPSA) is 62.5 Å². The Labute approximate surface area is 171 Å². The molecule has 0 radical (unpaired) electrons. The summed E-state index contributed by atoms with van der Waals surface area (Å²) in [7, 11) is 2.13. The van der Waals surface area contributed by atoms with Crippen molar-refractivity contribution in [1.82, 2.24) is 14.9 Å². The van der Waals surface area contributed by atoms with Crippen LogP contribution < -0.4 is 14.7 Å². The van der Waals surface area contributed by atoms with E-state index in [1.54, 1.807) is 12.1 Å². The number of hydrogen-bond acceptors (Lipinski definition) is 7. The molecule has 2 saturated heterocycles. The van der Waals surface area contributed by atoms with E-state index in [2.05, 4.69) is 32.8 Å². The van der Waals surface area contributed by atoms with Crippen molar-refractivity contribution in [3.8, 4) is 6.07 Å². The second kappa shape index (κ2) is 8.21. The van der Waals surface area contributed by atoms with Gasteiger partial charge < -0.3 is 19.6 Å². The minimum atomic E-state index is -0.340. The molecule has 0 unspecified atom stereocenters. The van der Waals surface area contributed by atoms with Crippen molar-refractivity contribution >= 4 is 17.5 Å². The first-order valence-electron chi connectivity index (χ1n) is 10.0. The first kappa shape index (κ1) is 19.4. The van der Waals surface area contributed by atoms with Gasteiger partial charge in [-0.3, -0.25) is 0 Å². The van der Waals surface area contributed by atoms with Crippen LogP contribution >= 0.6 is 0 Å². The van der Waals surface area contributed by atoms with Crippen molar-refractivity contribution in [1.29, 1.82) is 5.26 Å².